The van der Waals surface area contributed by atoms with E-state index in [-0.39, 0.29) is 11.7 Å². The zero-order valence-corrected chi connectivity index (χ0v) is 11.6. The van der Waals surface area contributed by atoms with Crippen molar-refractivity contribution in [3.63, 3.8) is 0 Å². The first kappa shape index (κ1) is 12.8. The SMILES string of the molecule is Cc1nn(C)c2c1CCN(C(=O)c1cccc(F)c1)C2. The van der Waals surface area contributed by atoms with Gasteiger partial charge in [-0.15, -0.1) is 0 Å². The summed E-state index contributed by atoms with van der Waals surface area (Å²) in [7, 11) is 1.89. The molecule has 20 heavy (non-hydrogen) atoms. The number of carbonyl (C=O) groups is 1. The van der Waals surface area contributed by atoms with E-state index in [2.05, 4.69) is 5.10 Å². The van der Waals surface area contributed by atoms with Crippen LogP contribution in [0.3, 0.4) is 0 Å². The molecule has 2 aromatic rings. The first-order valence-electron chi connectivity index (χ1n) is 6.62. The van der Waals surface area contributed by atoms with Crippen LogP contribution in [0.25, 0.3) is 0 Å². The number of carbonyl (C=O) groups excluding carboxylic acids is 1. The summed E-state index contributed by atoms with van der Waals surface area (Å²) in [5.74, 6) is -0.515. The van der Waals surface area contributed by atoms with Crippen molar-refractivity contribution in [3.05, 3.63) is 52.6 Å². The molecule has 0 fully saturated rings. The van der Waals surface area contributed by atoms with Gasteiger partial charge in [0.2, 0.25) is 0 Å². The average Bonchev–Trinajstić information content (AvgIpc) is 2.73. The molecule has 0 saturated carbocycles. The number of aromatic nitrogens is 2. The molecule has 1 aromatic carbocycles. The molecule has 1 aromatic heterocycles. The summed E-state index contributed by atoms with van der Waals surface area (Å²) >= 11 is 0. The topological polar surface area (TPSA) is 38.1 Å². The molecule has 0 bridgehead atoms. The molecule has 0 spiro atoms. The van der Waals surface area contributed by atoms with Crippen LogP contribution in [0.4, 0.5) is 4.39 Å². The van der Waals surface area contributed by atoms with Crippen LogP contribution < -0.4 is 0 Å². The zero-order valence-electron chi connectivity index (χ0n) is 11.6. The minimum atomic E-state index is -0.384. The second-order valence-electron chi connectivity index (χ2n) is 5.12. The number of hydrogen-bond acceptors (Lipinski definition) is 2. The van der Waals surface area contributed by atoms with E-state index in [0.29, 0.717) is 18.7 Å². The molecule has 1 aliphatic heterocycles. The molecule has 0 N–H and O–H groups in total. The Labute approximate surface area is 116 Å². The summed E-state index contributed by atoms with van der Waals surface area (Å²) in [6.07, 6.45) is 0.802. The fraction of sp³-hybridized carbons (Fsp3) is 0.333. The summed E-state index contributed by atoms with van der Waals surface area (Å²) in [5, 5.41) is 4.39. The second-order valence-corrected chi connectivity index (χ2v) is 5.12. The van der Waals surface area contributed by atoms with E-state index in [1.165, 1.54) is 17.7 Å². The van der Waals surface area contributed by atoms with Crippen LogP contribution in [0.1, 0.15) is 27.3 Å². The number of amides is 1. The Morgan fingerprint density at radius 2 is 2.20 bits per heavy atom. The third-order valence-corrected chi connectivity index (χ3v) is 3.81. The van der Waals surface area contributed by atoms with Crippen molar-refractivity contribution in [2.24, 2.45) is 7.05 Å². The summed E-state index contributed by atoms with van der Waals surface area (Å²) in [6, 6.07) is 5.84. The standard InChI is InChI=1S/C15H16FN3O/c1-10-13-6-7-19(9-14(13)18(2)17-10)15(20)11-4-3-5-12(16)8-11/h3-5,8H,6-7,9H2,1-2H3. The quantitative estimate of drug-likeness (QED) is 0.797. The lowest BCUT2D eigenvalue weighted by molar-refractivity contribution is 0.0729. The molecule has 3 rings (SSSR count). The largest absolute Gasteiger partial charge is 0.332 e. The van der Waals surface area contributed by atoms with Gasteiger partial charge in [0.15, 0.2) is 0 Å². The van der Waals surface area contributed by atoms with E-state index >= 15 is 0 Å². The van der Waals surface area contributed by atoms with E-state index in [4.69, 9.17) is 0 Å². The van der Waals surface area contributed by atoms with E-state index in [9.17, 15) is 9.18 Å². The van der Waals surface area contributed by atoms with Crippen LogP contribution in [0.5, 0.6) is 0 Å². The summed E-state index contributed by atoms with van der Waals surface area (Å²) in [5.41, 5.74) is 3.72. The Bertz CT molecular complexity index is 678. The molecular weight excluding hydrogens is 257 g/mol. The number of nitrogens with zero attached hydrogens (tertiary/aromatic N) is 3. The predicted molar refractivity (Wildman–Crippen MR) is 72.8 cm³/mol. The Hall–Kier alpha value is -2.17. The number of hydrogen-bond donors (Lipinski definition) is 0. The smallest absolute Gasteiger partial charge is 0.254 e. The second kappa shape index (κ2) is 4.74. The molecule has 0 aliphatic carbocycles. The van der Waals surface area contributed by atoms with Crippen molar-refractivity contribution in [2.75, 3.05) is 6.54 Å². The Morgan fingerprint density at radius 1 is 1.40 bits per heavy atom. The van der Waals surface area contributed by atoms with Gasteiger partial charge in [0.25, 0.3) is 5.91 Å². The lowest BCUT2D eigenvalue weighted by Gasteiger charge is -2.27. The first-order valence-corrected chi connectivity index (χ1v) is 6.62. The number of halogens is 1. The Balaban J connectivity index is 1.87. The number of fused-ring (bicyclic) bond motifs is 1. The fourth-order valence-electron chi connectivity index (χ4n) is 2.76. The Kier molecular flexibility index (Phi) is 3.04. The maximum absolute atomic E-state index is 13.2. The van der Waals surface area contributed by atoms with Crippen LogP contribution in [-0.2, 0) is 20.0 Å². The lowest BCUT2D eigenvalue weighted by atomic mass is 10.0. The molecule has 0 radical (unpaired) electrons. The van der Waals surface area contributed by atoms with Crippen molar-refractivity contribution >= 4 is 5.91 Å². The molecule has 1 amide bonds. The Morgan fingerprint density at radius 3 is 2.95 bits per heavy atom. The van der Waals surface area contributed by atoms with Crippen molar-refractivity contribution in [1.29, 1.82) is 0 Å². The normalized spacial score (nSPS) is 14.2. The molecule has 0 saturated heterocycles. The predicted octanol–water partition coefficient (Wildman–Crippen LogP) is 2.07. The molecule has 2 heterocycles. The molecule has 104 valence electrons. The van der Waals surface area contributed by atoms with Gasteiger partial charge in [-0.25, -0.2) is 4.39 Å². The highest BCUT2D eigenvalue weighted by molar-refractivity contribution is 5.94. The maximum Gasteiger partial charge on any atom is 0.254 e. The van der Waals surface area contributed by atoms with Gasteiger partial charge in [0.1, 0.15) is 5.82 Å². The van der Waals surface area contributed by atoms with Crippen molar-refractivity contribution in [1.82, 2.24) is 14.7 Å². The van der Waals surface area contributed by atoms with E-state index in [1.54, 1.807) is 17.0 Å². The monoisotopic (exact) mass is 273 g/mol. The first-order chi connectivity index (χ1) is 9.56. The van der Waals surface area contributed by atoms with Crippen LogP contribution >= 0.6 is 0 Å². The van der Waals surface area contributed by atoms with Gasteiger partial charge >= 0.3 is 0 Å². The average molecular weight is 273 g/mol. The van der Waals surface area contributed by atoms with Gasteiger partial charge < -0.3 is 4.90 Å². The van der Waals surface area contributed by atoms with Crippen molar-refractivity contribution in [3.8, 4) is 0 Å². The molecule has 5 heteroatoms. The van der Waals surface area contributed by atoms with Crippen LogP contribution in [0, 0.1) is 12.7 Å². The molecule has 0 atom stereocenters. The third kappa shape index (κ3) is 2.09. The number of rotatable bonds is 1. The fourth-order valence-corrected chi connectivity index (χ4v) is 2.76. The van der Waals surface area contributed by atoms with Crippen LogP contribution in [-0.4, -0.2) is 27.1 Å². The summed E-state index contributed by atoms with van der Waals surface area (Å²) < 4.78 is 15.0. The van der Waals surface area contributed by atoms with E-state index in [0.717, 1.165) is 17.8 Å². The molecular formula is C15H16FN3O. The minimum Gasteiger partial charge on any atom is -0.332 e. The minimum absolute atomic E-state index is 0.131. The maximum atomic E-state index is 13.2. The van der Waals surface area contributed by atoms with Gasteiger partial charge in [0.05, 0.1) is 17.9 Å². The van der Waals surface area contributed by atoms with Gasteiger partial charge in [-0.3, -0.25) is 9.48 Å². The van der Waals surface area contributed by atoms with E-state index in [1.807, 2.05) is 18.7 Å². The van der Waals surface area contributed by atoms with Gasteiger partial charge in [0, 0.05) is 19.2 Å². The van der Waals surface area contributed by atoms with E-state index < -0.39 is 0 Å². The molecule has 1 aliphatic rings. The van der Waals surface area contributed by atoms with Crippen molar-refractivity contribution < 1.29 is 9.18 Å². The zero-order chi connectivity index (χ0) is 14.3. The van der Waals surface area contributed by atoms with Gasteiger partial charge in [-0.1, -0.05) is 6.07 Å². The molecule has 0 unspecified atom stereocenters. The van der Waals surface area contributed by atoms with Crippen LogP contribution in [0.2, 0.25) is 0 Å². The highest BCUT2D eigenvalue weighted by Crippen LogP contribution is 2.22. The third-order valence-electron chi connectivity index (χ3n) is 3.81. The highest BCUT2D eigenvalue weighted by atomic mass is 19.1. The number of aryl methyl sites for hydroxylation is 2. The lowest BCUT2D eigenvalue weighted by Crippen LogP contribution is -2.36. The van der Waals surface area contributed by atoms with Gasteiger partial charge in [-0.2, -0.15) is 5.10 Å². The summed E-state index contributed by atoms with van der Waals surface area (Å²) in [6.45, 7) is 3.17. The molecule has 4 nitrogen and oxygen atoms in total. The highest BCUT2D eigenvalue weighted by Gasteiger charge is 2.25. The van der Waals surface area contributed by atoms with Gasteiger partial charge in [-0.05, 0) is 37.1 Å². The summed E-state index contributed by atoms with van der Waals surface area (Å²) in [4.78, 5) is 14.2. The van der Waals surface area contributed by atoms with Crippen LogP contribution in [0.15, 0.2) is 24.3 Å². The number of benzene rings is 1. The van der Waals surface area contributed by atoms with Crippen molar-refractivity contribution in [2.45, 2.75) is 19.9 Å².